The van der Waals surface area contributed by atoms with Crippen molar-refractivity contribution in [2.45, 2.75) is 36.6 Å². The third kappa shape index (κ3) is 4.52. The van der Waals surface area contributed by atoms with Crippen molar-refractivity contribution in [1.82, 2.24) is 15.3 Å². The predicted octanol–water partition coefficient (Wildman–Crippen LogP) is 0.948. The molecule has 3 atom stereocenters. The molecule has 0 saturated carbocycles. The first-order valence-corrected chi connectivity index (χ1v) is 10.1. The second-order valence-corrected chi connectivity index (χ2v) is 8.12. The molecule has 28 heavy (non-hydrogen) atoms. The first kappa shape index (κ1) is 20.3. The lowest BCUT2D eigenvalue weighted by Crippen LogP contribution is -2.59. The number of carboxylic acids is 1. The highest BCUT2D eigenvalue weighted by atomic mass is 79.9. The molecule has 0 radical (unpaired) electrons. The molecule has 3 rings (SSSR count). The second-order valence-electron chi connectivity index (χ2n) is 7.02. The molecule has 150 valence electrons. The second kappa shape index (κ2) is 8.72. The molecule has 0 aromatic heterocycles. The molecule has 2 N–H and O–H groups in total. The Bertz CT molecular complexity index is 772. The van der Waals surface area contributed by atoms with Crippen LogP contribution in [-0.4, -0.2) is 62.8 Å². The smallest absolute Gasteiger partial charge is 0.308 e. The van der Waals surface area contributed by atoms with E-state index >= 15 is 0 Å². The summed E-state index contributed by atoms with van der Waals surface area (Å²) >= 11 is 3.36. The molecule has 0 unspecified atom stereocenters. The first-order valence-electron chi connectivity index (χ1n) is 9.19. The quantitative estimate of drug-likeness (QED) is 0.647. The predicted molar refractivity (Wildman–Crippen MR) is 103 cm³/mol. The Hall–Kier alpha value is -2.42. The normalized spacial score (nSPS) is 23.6. The zero-order chi connectivity index (χ0) is 20.3. The summed E-state index contributed by atoms with van der Waals surface area (Å²) in [7, 11) is 0. The number of halogens is 1. The lowest BCUT2D eigenvalue weighted by molar-refractivity contribution is -0.173. The molecule has 8 nitrogen and oxygen atoms in total. The van der Waals surface area contributed by atoms with E-state index in [9.17, 15) is 24.3 Å². The monoisotopic (exact) mass is 451 g/mol. The van der Waals surface area contributed by atoms with Crippen LogP contribution < -0.4 is 5.32 Å². The summed E-state index contributed by atoms with van der Waals surface area (Å²) in [5.74, 6) is -2.72. The van der Waals surface area contributed by atoms with Crippen molar-refractivity contribution in [2.75, 3.05) is 13.1 Å². The number of fused-ring (bicyclic) bond motifs is 1. The van der Waals surface area contributed by atoms with Crippen molar-refractivity contribution in [3.63, 3.8) is 0 Å². The maximum absolute atomic E-state index is 12.9. The van der Waals surface area contributed by atoms with Crippen LogP contribution in [0.25, 0.3) is 0 Å². The van der Waals surface area contributed by atoms with Crippen LogP contribution in [0, 0.1) is 5.92 Å². The molecule has 2 aliphatic rings. The van der Waals surface area contributed by atoms with Crippen LogP contribution in [0.3, 0.4) is 0 Å². The van der Waals surface area contributed by atoms with E-state index in [0.29, 0.717) is 12.8 Å². The molecule has 0 spiro atoms. The molecule has 0 bridgehead atoms. The molecule has 2 fully saturated rings. The van der Waals surface area contributed by atoms with Gasteiger partial charge in [-0.25, -0.2) is 5.01 Å². The number of alkyl halides is 1. The van der Waals surface area contributed by atoms with Gasteiger partial charge >= 0.3 is 5.97 Å². The number of nitrogens with one attached hydrogen (secondary N) is 1. The zero-order valence-electron chi connectivity index (χ0n) is 15.2. The van der Waals surface area contributed by atoms with Gasteiger partial charge in [-0.15, -0.1) is 0 Å². The average molecular weight is 452 g/mol. The third-order valence-electron chi connectivity index (χ3n) is 5.07. The minimum atomic E-state index is -0.992. The molecule has 1 aromatic carbocycles. The van der Waals surface area contributed by atoms with Gasteiger partial charge in [-0.2, -0.15) is 0 Å². The molecule has 0 aliphatic carbocycles. The Morgan fingerprint density at radius 1 is 1.18 bits per heavy atom. The summed E-state index contributed by atoms with van der Waals surface area (Å²) in [6.07, 6.45) is 1.08. The third-order valence-corrected chi connectivity index (χ3v) is 5.81. The van der Waals surface area contributed by atoms with Crippen molar-refractivity contribution >= 4 is 39.6 Å². The van der Waals surface area contributed by atoms with Crippen LogP contribution in [0.15, 0.2) is 30.3 Å². The van der Waals surface area contributed by atoms with Crippen LogP contribution in [0.1, 0.15) is 24.8 Å². The van der Waals surface area contributed by atoms with Crippen molar-refractivity contribution in [3.05, 3.63) is 35.9 Å². The minimum Gasteiger partial charge on any atom is -0.481 e. The van der Waals surface area contributed by atoms with E-state index < -0.39 is 28.7 Å². The van der Waals surface area contributed by atoms with Gasteiger partial charge in [-0.05, 0) is 24.8 Å². The number of hydrogen-bond acceptors (Lipinski definition) is 4. The summed E-state index contributed by atoms with van der Waals surface area (Å²) in [5, 5.41) is 14.5. The Labute approximate surface area is 171 Å². The summed E-state index contributed by atoms with van der Waals surface area (Å²) in [5.41, 5.74) is 0.980. The summed E-state index contributed by atoms with van der Waals surface area (Å²) in [6, 6.07) is 8.63. The number of carbonyl (C=O) groups excluding carboxylic acids is 3. The molecule has 1 aromatic rings. The zero-order valence-corrected chi connectivity index (χ0v) is 16.8. The van der Waals surface area contributed by atoms with Gasteiger partial charge in [0.2, 0.25) is 11.8 Å². The molecule has 2 aliphatic heterocycles. The maximum atomic E-state index is 12.9. The molecular weight excluding hydrogens is 430 g/mol. The average Bonchev–Trinajstić information content (AvgIpc) is 2.80. The molecule has 9 heteroatoms. The highest BCUT2D eigenvalue weighted by Crippen LogP contribution is 2.23. The van der Waals surface area contributed by atoms with E-state index in [1.54, 1.807) is 0 Å². The fourth-order valence-electron chi connectivity index (χ4n) is 3.48. The molecule has 2 saturated heterocycles. The van der Waals surface area contributed by atoms with Crippen LogP contribution in [0.5, 0.6) is 0 Å². The number of rotatable bonds is 5. The van der Waals surface area contributed by atoms with Crippen LogP contribution in [-0.2, 0) is 25.6 Å². The number of carbonyl (C=O) groups is 4. The van der Waals surface area contributed by atoms with Gasteiger partial charge < -0.3 is 10.4 Å². The number of benzene rings is 1. The highest BCUT2D eigenvalue weighted by molar-refractivity contribution is 9.10. The van der Waals surface area contributed by atoms with Crippen molar-refractivity contribution < 1.29 is 24.3 Å². The lowest BCUT2D eigenvalue weighted by atomic mass is 10.0. The van der Waals surface area contributed by atoms with Crippen LogP contribution in [0.2, 0.25) is 0 Å². The summed E-state index contributed by atoms with van der Waals surface area (Å²) < 4.78 is 0. The largest absolute Gasteiger partial charge is 0.481 e. The van der Waals surface area contributed by atoms with E-state index in [-0.39, 0.29) is 37.7 Å². The first-order chi connectivity index (χ1) is 13.4. The fraction of sp³-hybridized carbons (Fsp3) is 0.474. The number of nitrogens with zero attached hydrogens (tertiary/aromatic N) is 2. The number of amides is 3. The number of hydrogen-bond donors (Lipinski definition) is 2. The summed E-state index contributed by atoms with van der Waals surface area (Å²) in [6.45, 7) is 0.130. The number of aliphatic carboxylic acids is 1. The maximum Gasteiger partial charge on any atom is 0.308 e. The Morgan fingerprint density at radius 2 is 1.89 bits per heavy atom. The van der Waals surface area contributed by atoms with Gasteiger partial charge in [0.25, 0.3) is 5.91 Å². The van der Waals surface area contributed by atoms with E-state index in [0.717, 1.165) is 5.56 Å². The number of carboxylic acid groups (broad SMARTS) is 1. The van der Waals surface area contributed by atoms with Gasteiger partial charge in [-0.1, -0.05) is 46.3 Å². The van der Waals surface area contributed by atoms with Gasteiger partial charge in [0.05, 0.1) is 17.3 Å². The van der Waals surface area contributed by atoms with E-state index in [4.69, 9.17) is 0 Å². The van der Waals surface area contributed by atoms with Crippen molar-refractivity contribution in [2.24, 2.45) is 5.92 Å². The fourth-order valence-corrected chi connectivity index (χ4v) is 3.98. The number of hydrazine groups is 1. The van der Waals surface area contributed by atoms with Crippen molar-refractivity contribution in [3.8, 4) is 0 Å². The molecule has 2 heterocycles. The van der Waals surface area contributed by atoms with E-state index in [1.165, 1.54) is 10.0 Å². The van der Waals surface area contributed by atoms with E-state index in [1.807, 2.05) is 30.3 Å². The van der Waals surface area contributed by atoms with Crippen LogP contribution >= 0.6 is 15.9 Å². The molecule has 3 amide bonds. The summed E-state index contributed by atoms with van der Waals surface area (Å²) in [4.78, 5) is 48.6. The van der Waals surface area contributed by atoms with Crippen molar-refractivity contribution in [1.29, 1.82) is 0 Å². The van der Waals surface area contributed by atoms with Gasteiger partial charge in [-0.3, -0.25) is 24.2 Å². The van der Waals surface area contributed by atoms with Gasteiger partial charge in [0.15, 0.2) is 0 Å². The lowest BCUT2D eigenvalue weighted by Gasteiger charge is -2.40. The standard InChI is InChI=1S/C19H22BrN3O5/c20-14(10-12-4-2-1-3-5-12)17(25)21-15-6-7-16(24)22-9-8-13(19(27)28)11-23(22)18(15)26/h1-5,13-15H,6-11H2,(H,21,25)(H,27,28)/t13-,14-,15+/m1/s1. The van der Waals surface area contributed by atoms with E-state index in [2.05, 4.69) is 21.2 Å². The SMILES string of the molecule is O=C(O)[C@@H]1CCN2C(=O)CC[C@H](NC(=O)[C@H](Br)Cc3ccccc3)C(=O)N2C1. The topological polar surface area (TPSA) is 107 Å². The van der Waals surface area contributed by atoms with Gasteiger partial charge in [0.1, 0.15) is 6.04 Å². The Morgan fingerprint density at radius 3 is 2.57 bits per heavy atom. The van der Waals surface area contributed by atoms with Gasteiger partial charge in [0, 0.05) is 13.0 Å². The Balaban J connectivity index is 1.67. The minimum absolute atomic E-state index is 0.0615. The molecular formula is C19H22BrN3O5. The highest BCUT2D eigenvalue weighted by Gasteiger charge is 2.41. The van der Waals surface area contributed by atoms with Crippen LogP contribution in [0.4, 0.5) is 0 Å². The Kier molecular flexibility index (Phi) is 6.33.